The summed E-state index contributed by atoms with van der Waals surface area (Å²) in [4.78, 5) is 4.21. The van der Waals surface area contributed by atoms with E-state index in [1.54, 1.807) is 6.07 Å². The summed E-state index contributed by atoms with van der Waals surface area (Å²) in [5.41, 5.74) is 1.57. The van der Waals surface area contributed by atoms with Gasteiger partial charge in [-0.3, -0.25) is 4.98 Å². The molecule has 0 saturated carbocycles. The average Bonchev–Trinajstić information content (AvgIpc) is 2.28. The SMILES string of the molecule is Cc1cccc(COc2ccc(F)cc2F)n1. The van der Waals surface area contributed by atoms with Gasteiger partial charge >= 0.3 is 0 Å². The number of aryl methyl sites for hydroxylation is 1. The minimum absolute atomic E-state index is 0.0229. The molecule has 0 aliphatic rings. The molecule has 1 aromatic carbocycles. The van der Waals surface area contributed by atoms with Crippen molar-refractivity contribution in [2.24, 2.45) is 0 Å². The van der Waals surface area contributed by atoms with Gasteiger partial charge in [-0.25, -0.2) is 8.78 Å². The molecule has 2 rings (SSSR count). The van der Waals surface area contributed by atoms with Gasteiger partial charge in [0.15, 0.2) is 11.6 Å². The third-order valence-corrected chi connectivity index (χ3v) is 2.22. The summed E-state index contributed by atoms with van der Waals surface area (Å²) in [6.07, 6.45) is 0. The summed E-state index contributed by atoms with van der Waals surface area (Å²) in [6, 6.07) is 8.71. The minimum Gasteiger partial charge on any atom is -0.484 e. The summed E-state index contributed by atoms with van der Waals surface area (Å²) in [5, 5.41) is 0. The Balaban J connectivity index is 2.07. The van der Waals surface area contributed by atoms with E-state index >= 15 is 0 Å². The van der Waals surface area contributed by atoms with Gasteiger partial charge < -0.3 is 4.74 Å². The van der Waals surface area contributed by atoms with Crippen LogP contribution in [-0.4, -0.2) is 4.98 Å². The first kappa shape index (κ1) is 11.5. The first-order chi connectivity index (χ1) is 8.15. The van der Waals surface area contributed by atoms with E-state index in [1.807, 2.05) is 19.1 Å². The lowest BCUT2D eigenvalue weighted by Gasteiger charge is -2.07. The third-order valence-electron chi connectivity index (χ3n) is 2.22. The predicted octanol–water partition coefficient (Wildman–Crippen LogP) is 3.25. The molecule has 2 aromatic rings. The Labute approximate surface area is 97.9 Å². The molecule has 0 amide bonds. The smallest absolute Gasteiger partial charge is 0.167 e. The molecule has 0 radical (unpaired) electrons. The quantitative estimate of drug-likeness (QED) is 0.814. The second kappa shape index (κ2) is 4.91. The first-order valence-electron chi connectivity index (χ1n) is 5.15. The van der Waals surface area contributed by atoms with Gasteiger partial charge in [0.25, 0.3) is 0 Å². The number of aromatic nitrogens is 1. The summed E-state index contributed by atoms with van der Waals surface area (Å²) in [6.45, 7) is 2.02. The zero-order valence-corrected chi connectivity index (χ0v) is 9.28. The summed E-state index contributed by atoms with van der Waals surface area (Å²) < 4.78 is 31.1. The largest absolute Gasteiger partial charge is 0.484 e. The Hall–Kier alpha value is -1.97. The standard InChI is InChI=1S/C13H11F2NO/c1-9-3-2-4-11(16-9)8-17-13-6-5-10(14)7-12(13)15/h2-7H,8H2,1H3. The molecule has 17 heavy (non-hydrogen) atoms. The third kappa shape index (κ3) is 3.00. The van der Waals surface area contributed by atoms with Crippen molar-refractivity contribution in [2.45, 2.75) is 13.5 Å². The summed E-state index contributed by atoms with van der Waals surface area (Å²) in [7, 11) is 0. The molecular formula is C13H11F2NO. The lowest BCUT2D eigenvalue weighted by atomic mass is 10.3. The Morgan fingerprint density at radius 1 is 1.18 bits per heavy atom. The van der Waals surface area contributed by atoms with Crippen molar-refractivity contribution in [2.75, 3.05) is 0 Å². The van der Waals surface area contributed by atoms with Crippen molar-refractivity contribution in [3.05, 3.63) is 59.4 Å². The molecule has 2 nitrogen and oxygen atoms in total. The van der Waals surface area contributed by atoms with Gasteiger partial charge in [-0.15, -0.1) is 0 Å². The molecule has 0 bridgehead atoms. The number of hydrogen-bond acceptors (Lipinski definition) is 2. The van der Waals surface area contributed by atoms with Gasteiger partial charge in [-0.1, -0.05) is 6.07 Å². The number of pyridine rings is 1. The molecule has 1 aromatic heterocycles. The maximum atomic E-state index is 13.2. The minimum atomic E-state index is -0.711. The molecule has 0 fully saturated rings. The summed E-state index contributed by atoms with van der Waals surface area (Å²) >= 11 is 0. The lowest BCUT2D eigenvalue weighted by molar-refractivity contribution is 0.285. The number of halogens is 2. The van der Waals surface area contributed by atoms with Crippen LogP contribution >= 0.6 is 0 Å². The second-order valence-electron chi connectivity index (χ2n) is 3.63. The fourth-order valence-corrected chi connectivity index (χ4v) is 1.42. The number of nitrogens with zero attached hydrogens (tertiary/aromatic N) is 1. The molecule has 0 aliphatic heterocycles. The molecule has 0 saturated heterocycles. The van der Waals surface area contributed by atoms with E-state index in [0.717, 1.165) is 17.8 Å². The van der Waals surface area contributed by atoms with E-state index < -0.39 is 11.6 Å². The van der Waals surface area contributed by atoms with Gasteiger partial charge in [0.1, 0.15) is 12.4 Å². The van der Waals surface area contributed by atoms with Crippen LogP contribution in [0.3, 0.4) is 0 Å². The van der Waals surface area contributed by atoms with Gasteiger partial charge in [-0.2, -0.15) is 0 Å². The Morgan fingerprint density at radius 3 is 2.71 bits per heavy atom. The average molecular weight is 235 g/mol. The van der Waals surface area contributed by atoms with Crippen molar-refractivity contribution in [3.8, 4) is 5.75 Å². The highest BCUT2D eigenvalue weighted by Gasteiger charge is 2.05. The van der Waals surface area contributed by atoms with E-state index in [0.29, 0.717) is 5.69 Å². The van der Waals surface area contributed by atoms with Crippen LogP contribution in [0.2, 0.25) is 0 Å². The number of rotatable bonds is 3. The van der Waals surface area contributed by atoms with Gasteiger partial charge in [0.05, 0.1) is 5.69 Å². The maximum absolute atomic E-state index is 13.2. The highest BCUT2D eigenvalue weighted by Crippen LogP contribution is 2.18. The predicted molar refractivity (Wildman–Crippen MR) is 59.7 cm³/mol. The van der Waals surface area contributed by atoms with E-state index in [4.69, 9.17) is 4.74 Å². The van der Waals surface area contributed by atoms with Crippen LogP contribution in [0.5, 0.6) is 5.75 Å². The van der Waals surface area contributed by atoms with Crippen molar-refractivity contribution < 1.29 is 13.5 Å². The van der Waals surface area contributed by atoms with E-state index in [2.05, 4.69) is 4.98 Å². The van der Waals surface area contributed by atoms with Crippen LogP contribution in [0.4, 0.5) is 8.78 Å². The van der Waals surface area contributed by atoms with Crippen molar-refractivity contribution in [3.63, 3.8) is 0 Å². The molecule has 0 aliphatic carbocycles. The number of hydrogen-bond donors (Lipinski definition) is 0. The zero-order chi connectivity index (χ0) is 12.3. The van der Waals surface area contributed by atoms with Crippen molar-refractivity contribution >= 4 is 0 Å². The van der Waals surface area contributed by atoms with Crippen molar-refractivity contribution in [1.29, 1.82) is 0 Å². The first-order valence-corrected chi connectivity index (χ1v) is 5.15. The van der Waals surface area contributed by atoms with Gasteiger partial charge in [0.2, 0.25) is 0 Å². The van der Waals surface area contributed by atoms with Crippen LogP contribution in [0, 0.1) is 18.6 Å². The second-order valence-corrected chi connectivity index (χ2v) is 3.63. The zero-order valence-electron chi connectivity index (χ0n) is 9.28. The van der Waals surface area contributed by atoms with Crippen LogP contribution in [0.1, 0.15) is 11.4 Å². The normalized spacial score (nSPS) is 10.3. The summed E-state index contributed by atoms with van der Waals surface area (Å²) in [5.74, 6) is -1.31. The highest BCUT2D eigenvalue weighted by atomic mass is 19.1. The fraction of sp³-hybridized carbons (Fsp3) is 0.154. The number of ether oxygens (including phenoxy) is 1. The van der Waals surface area contributed by atoms with Gasteiger partial charge in [-0.05, 0) is 31.2 Å². The van der Waals surface area contributed by atoms with E-state index in [1.165, 1.54) is 6.07 Å². The molecule has 4 heteroatoms. The topological polar surface area (TPSA) is 22.1 Å². The lowest BCUT2D eigenvalue weighted by Crippen LogP contribution is -2.00. The molecule has 0 spiro atoms. The van der Waals surface area contributed by atoms with Crippen LogP contribution in [0.15, 0.2) is 36.4 Å². The van der Waals surface area contributed by atoms with Crippen LogP contribution in [0.25, 0.3) is 0 Å². The van der Waals surface area contributed by atoms with Crippen LogP contribution in [-0.2, 0) is 6.61 Å². The Morgan fingerprint density at radius 2 is 2.00 bits per heavy atom. The highest BCUT2D eigenvalue weighted by molar-refractivity contribution is 5.25. The molecule has 1 heterocycles. The van der Waals surface area contributed by atoms with Crippen LogP contribution < -0.4 is 4.74 Å². The Bertz CT molecular complexity index is 529. The van der Waals surface area contributed by atoms with E-state index in [9.17, 15) is 8.78 Å². The monoisotopic (exact) mass is 235 g/mol. The van der Waals surface area contributed by atoms with Gasteiger partial charge in [0, 0.05) is 11.8 Å². The molecule has 0 unspecified atom stereocenters. The molecule has 0 atom stereocenters. The molecular weight excluding hydrogens is 224 g/mol. The molecule has 0 N–H and O–H groups in total. The van der Waals surface area contributed by atoms with Crippen molar-refractivity contribution in [1.82, 2.24) is 4.98 Å². The fourth-order valence-electron chi connectivity index (χ4n) is 1.42. The Kier molecular flexibility index (Phi) is 3.32. The number of benzene rings is 1. The maximum Gasteiger partial charge on any atom is 0.167 e. The van der Waals surface area contributed by atoms with E-state index in [-0.39, 0.29) is 12.4 Å². The molecule has 88 valence electrons.